The first-order chi connectivity index (χ1) is 13.4. The van der Waals surface area contributed by atoms with Gasteiger partial charge in [0.05, 0.1) is 13.2 Å². The molecule has 0 radical (unpaired) electrons. The van der Waals surface area contributed by atoms with Gasteiger partial charge in [0.25, 0.3) is 0 Å². The summed E-state index contributed by atoms with van der Waals surface area (Å²) in [6.45, 7) is 1.69. The smallest absolute Gasteiger partial charge is 0.243 e. The molecule has 152 valence electrons. The highest BCUT2D eigenvalue weighted by atomic mass is 32.2. The molecular formula is C20H24F2N2O3S. The summed E-state index contributed by atoms with van der Waals surface area (Å²) in [4.78, 5) is 1.51. The van der Waals surface area contributed by atoms with Crippen LogP contribution in [0.15, 0.2) is 47.4 Å². The third kappa shape index (κ3) is 4.68. The van der Waals surface area contributed by atoms with Crippen LogP contribution in [0.1, 0.15) is 30.9 Å². The van der Waals surface area contributed by atoms with Gasteiger partial charge in [0.1, 0.15) is 22.3 Å². The molecule has 2 aromatic rings. The Morgan fingerprint density at radius 1 is 1.11 bits per heavy atom. The van der Waals surface area contributed by atoms with Crippen molar-refractivity contribution in [2.45, 2.75) is 30.2 Å². The fraction of sp³-hybridized carbons (Fsp3) is 0.400. The number of piperidine rings is 1. The maximum absolute atomic E-state index is 14.0. The van der Waals surface area contributed by atoms with E-state index in [-0.39, 0.29) is 12.6 Å². The molecule has 1 aliphatic heterocycles. The Kier molecular flexibility index (Phi) is 6.64. The van der Waals surface area contributed by atoms with Gasteiger partial charge in [0.2, 0.25) is 10.0 Å². The van der Waals surface area contributed by atoms with E-state index in [9.17, 15) is 17.2 Å². The van der Waals surface area contributed by atoms with Crippen molar-refractivity contribution in [3.05, 3.63) is 59.7 Å². The van der Waals surface area contributed by atoms with Crippen LogP contribution in [0.4, 0.5) is 8.78 Å². The van der Waals surface area contributed by atoms with Gasteiger partial charge in [-0.05, 0) is 50.2 Å². The number of benzene rings is 2. The van der Waals surface area contributed by atoms with Crippen molar-refractivity contribution in [1.82, 2.24) is 9.62 Å². The van der Waals surface area contributed by atoms with E-state index in [2.05, 4.69) is 9.62 Å². The summed E-state index contributed by atoms with van der Waals surface area (Å²) in [6.07, 6.45) is 3.18. The maximum Gasteiger partial charge on any atom is 0.243 e. The van der Waals surface area contributed by atoms with E-state index in [4.69, 9.17) is 4.74 Å². The minimum absolute atomic E-state index is 0.0264. The zero-order chi connectivity index (χ0) is 20.1. The van der Waals surface area contributed by atoms with E-state index in [1.807, 2.05) is 24.3 Å². The molecule has 0 bridgehead atoms. The van der Waals surface area contributed by atoms with Crippen molar-refractivity contribution >= 4 is 10.0 Å². The number of methoxy groups -OCH3 is 1. The summed E-state index contributed by atoms with van der Waals surface area (Å²) in [5.41, 5.74) is 0.856. The Balaban J connectivity index is 1.88. The minimum Gasteiger partial charge on any atom is -0.496 e. The molecule has 0 aromatic heterocycles. The zero-order valence-electron chi connectivity index (χ0n) is 15.7. The van der Waals surface area contributed by atoms with Crippen LogP contribution in [0.2, 0.25) is 0 Å². The normalized spacial score (nSPS) is 16.7. The monoisotopic (exact) mass is 410 g/mol. The van der Waals surface area contributed by atoms with Crippen molar-refractivity contribution in [2.24, 2.45) is 0 Å². The predicted octanol–water partition coefficient (Wildman–Crippen LogP) is 3.48. The molecule has 0 amide bonds. The van der Waals surface area contributed by atoms with E-state index in [0.29, 0.717) is 11.8 Å². The second-order valence-corrected chi connectivity index (χ2v) is 8.52. The quantitative estimate of drug-likeness (QED) is 0.759. The van der Waals surface area contributed by atoms with Gasteiger partial charge in [0.15, 0.2) is 0 Å². The molecule has 1 aliphatic rings. The van der Waals surface area contributed by atoms with Crippen LogP contribution < -0.4 is 9.46 Å². The molecule has 1 heterocycles. The van der Waals surface area contributed by atoms with Gasteiger partial charge >= 0.3 is 0 Å². The number of nitrogens with zero attached hydrogens (tertiary/aromatic N) is 1. The van der Waals surface area contributed by atoms with Crippen molar-refractivity contribution < 1.29 is 21.9 Å². The number of likely N-dealkylation sites (tertiary alicyclic amines) is 1. The van der Waals surface area contributed by atoms with Crippen LogP contribution in [0, 0.1) is 11.6 Å². The van der Waals surface area contributed by atoms with E-state index in [1.54, 1.807) is 7.11 Å². The standard InChI is InChI=1S/C20H24F2N2O3S/c1-27-19-8-4-3-7-16(19)18(24-11-5-2-6-12-24)14-23-28(25,26)20-13-15(21)9-10-17(20)22/h3-4,7-10,13,18,23H,2,5-6,11-12,14H2,1H3. The van der Waals surface area contributed by atoms with E-state index < -0.39 is 26.6 Å². The average Bonchev–Trinajstić information content (AvgIpc) is 2.71. The Bertz CT molecular complexity index is 915. The molecule has 1 N–H and O–H groups in total. The highest BCUT2D eigenvalue weighted by molar-refractivity contribution is 7.89. The molecule has 1 fully saturated rings. The summed E-state index contributed by atoms with van der Waals surface area (Å²) in [6, 6.07) is 9.56. The summed E-state index contributed by atoms with van der Waals surface area (Å²) in [5.74, 6) is -1.13. The summed E-state index contributed by atoms with van der Waals surface area (Å²) < 4.78 is 60.6. The lowest BCUT2D eigenvalue weighted by Crippen LogP contribution is -2.41. The highest BCUT2D eigenvalue weighted by Crippen LogP contribution is 2.31. The molecule has 1 unspecified atom stereocenters. The first kappa shape index (κ1) is 20.7. The summed E-state index contributed by atoms with van der Waals surface area (Å²) in [7, 11) is -2.64. The summed E-state index contributed by atoms with van der Waals surface area (Å²) in [5, 5.41) is 0. The summed E-state index contributed by atoms with van der Waals surface area (Å²) >= 11 is 0. The molecular weight excluding hydrogens is 386 g/mol. The SMILES string of the molecule is COc1ccccc1C(CNS(=O)(=O)c1cc(F)ccc1F)N1CCCCC1. The van der Waals surface area contributed by atoms with Crippen molar-refractivity contribution in [3.63, 3.8) is 0 Å². The number of halogens is 2. The fourth-order valence-corrected chi connectivity index (χ4v) is 4.68. The van der Waals surface area contributed by atoms with Crippen molar-refractivity contribution in [2.75, 3.05) is 26.7 Å². The first-order valence-electron chi connectivity index (χ1n) is 9.24. The van der Waals surface area contributed by atoms with E-state index in [1.165, 1.54) is 0 Å². The molecule has 1 saturated heterocycles. The third-order valence-corrected chi connectivity index (χ3v) is 6.42. The van der Waals surface area contributed by atoms with E-state index >= 15 is 0 Å². The lowest BCUT2D eigenvalue weighted by Gasteiger charge is -2.35. The van der Waals surface area contributed by atoms with Gasteiger partial charge in [-0.1, -0.05) is 24.6 Å². The molecule has 1 atom stereocenters. The van der Waals surface area contributed by atoms with Crippen LogP contribution in [0.25, 0.3) is 0 Å². The molecule has 0 spiro atoms. The molecule has 3 rings (SSSR count). The number of rotatable bonds is 7. The maximum atomic E-state index is 14.0. The van der Waals surface area contributed by atoms with Crippen LogP contribution in [-0.2, 0) is 10.0 Å². The Morgan fingerprint density at radius 2 is 1.82 bits per heavy atom. The average molecular weight is 410 g/mol. The molecule has 5 nitrogen and oxygen atoms in total. The second kappa shape index (κ2) is 8.98. The van der Waals surface area contributed by atoms with Gasteiger partial charge in [-0.25, -0.2) is 21.9 Å². The van der Waals surface area contributed by atoms with Gasteiger partial charge in [-0.3, -0.25) is 4.90 Å². The van der Waals surface area contributed by atoms with Gasteiger partial charge < -0.3 is 4.74 Å². The van der Waals surface area contributed by atoms with Crippen molar-refractivity contribution in [1.29, 1.82) is 0 Å². The number of hydrogen-bond acceptors (Lipinski definition) is 4. The first-order valence-corrected chi connectivity index (χ1v) is 10.7. The van der Waals surface area contributed by atoms with E-state index in [0.717, 1.165) is 50.0 Å². The van der Waals surface area contributed by atoms with Gasteiger partial charge in [-0.15, -0.1) is 0 Å². The topological polar surface area (TPSA) is 58.6 Å². The van der Waals surface area contributed by atoms with Crippen LogP contribution in [0.3, 0.4) is 0 Å². The number of nitrogens with one attached hydrogen (secondary N) is 1. The van der Waals surface area contributed by atoms with Crippen LogP contribution >= 0.6 is 0 Å². The minimum atomic E-state index is -4.21. The lowest BCUT2D eigenvalue weighted by atomic mass is 10.0. The molecule has 2 aromatic carbocycles. The Labute approximate surface area is 164 Å². The molecule has 8 heteroatoms. The molecule has 0 aliphatic carbocycles. The fourth-order valence-electron chi connectivity index (χ4n) is 3.56. The third-order valence-electron chi connectivity index (χ3n) is 4.98. The number of ether oxygens (including phenoxy) is 1. The highest BCUT2D eigenvalue weighted by Gasteiger charge is 2.28. The lowest BCUT2D eigenvalue weighted by molar-refractivity contribution is 0.162. The van der Waals surface area contributed by atoms with Gasteiger partial charge in [-0.2, -0.15) is 0 Å². The Morgan fingerprint density at radius 3 is 2.54 bits per heavy atom. The second-order valence-electron chi connectivity index (χ2n) is 6.78. The largest absolute Gasteiger partial charge is 0.496 e. The van der Waals surface area contributed by atoms with Gasteiger partial charge in [0, 0.05) is 12.1 Å². The zero-order valence-corrected chi connectivity index (χ0v) is 16.5. The molecule has 0 saturated carbocycles. The predicted molar refractivity (Wildman–Crippen MR) is 103 cm³/mol. The molecule has 28 heavy (non-hydrogen) atoms. The Hall–Kier alpha value is -2.03. The van der Waals surface area contributed by atoms with Crippen LogP contribution in [-0.4, -0.2) is 40.1 Å². The number of hydrogen-bond donors (Lipinski definition) is 1. The number of para-hydroxylation sites is 1. The number of sulfonamides is 1. The van der Waals surface area contributed by atoms with Crippen molar-refractivity contribution in [3.8, 4) is 5.75 Å². The van der Waals surface area contributed by atoms with Crippen LogP contribution in [0.5, 0.6) is 5.75 Å².